The second kappa shape index (κ2) is 48.5. The van der Waals surface area contributed by atoms with E-state index >= 15 is 0 Å². The Balaban J connectivity index is 0.556. The van der Waals surface area contributed by atoms with Crippen molar-refractivity contribution in [3.05, 3.63) is 137 Å². The van der Waals surface area contributed by atoms with Crippen LogP contribution in [-0.2, 0) is 68.9 Å². The quantitative estimate of drug-likeness (QED) is 0.00440. The topological polar surface area (TPSA) is 390 Å². The largest absolute Gasteiger partial charge is 0.424 e. The molecular formula is C87H124N16O13. The van der Waals surface area contributed by atoms with Crippen molar-refractivity contribution in [2.24, 2.45) is 33.7 Å². The molecule has 29 heteroatoms. The van der Waals surface area contributed by atoms with Gasteiger partial charge >= 0.3 is 0 Å². The summed E-state index contributed by atoms with van der Waals surface area (Å²) in [5.41, 5.74) is 21.6. The van der Waals surface area contributed by atoms with Crippen LogP contribution in [0, 0.1) is 23.7 Å². The Morgan fingerprint density at radius 2 is 1.57 bits per heavy atom. The fraction of sp³-hybridized carbons (Fsp3) is 0.563. The number of nitrogen functional groups attached to an aromatic ring is 2. The number of allylic oxidation sites excluding steroid dienone is 6. The molecule has 630 valence electrons. The van der Waals surface area contributed by atoms with Crippen molar-refractivity contribution in [2.45, 2.75) is 194 Å². The molecule has 116 heavy (non-hydrogen) atoms. The van der Waals surface area contributed by atoms with E-state index in [-0.39, 0.29) is 91.2 Å². The van der Waals surface area contributed by atoms with Crippen molar-refractivity contribution < 1.29 is 62.6 Å². The number of hydrogen-bond donors (Lipinski definition) is 8. The standard InChI is InChI=1S/C87H124N16O13/c1-59(12-9-8-10-13-61(3)76(106)48-73-14-11-15-74(57-104)115-73)44-62(4)77(107)49-78(108)63(5)45-60(2)16-25-72(105)26-20-64-18-23-71(24-19-64)94-50-66-51-95-87(96-52-66)101(34-30-90-6)35-31-92-54-70(53-91-7)85(110)93-32-37-112-39-41-114-43-42-113-40-38-111-36-29-80(109)102-33-28-67-46-65(17-21-69(67)56-102)55-103-84-81(83(88)97-58-98-84)82(100-103)68-22-27-79-75(47-68)99-86(89)116-79/h8-10,12-13,17,21-22,27,45-47,51-54,57-60,62,64,71-74,76,78,90,94,105-106,108H,7,11,14-16,18-20,23-26,28-44,48-50,55-56H2,1-6H3,(H2,89,99)(H,93,110)(H2,88,97,98)/b10-8+,12-9+,61-13+,63-45+,70-53+,92-54?. The van der Waals surface area contributed by atoms with E-state index in [1.807, 2.05) is 92.3 Å². The molecule has 6 aromatic rings. The summed E-state index contributed by atoms with van der Waals surface area (Å²) in [6.07, 6.45) is 30.7. The van der Waals surface area contributed by atoms with E-state index in [1.165, 1.54) is 24.3 Å². The van der Waals surface area contributed by atoms with E-state index < -0.39 is 12.2 Å². The summed E-state index contributed by atoms with van der Waals surface area (Å²) in [5.74, 6) is 1.34. The molecule has 3 aliphatic rings. The number of amides is 2. The Kier molecular flexibility index (Phi) is 38.0. The maximum atomic E-state index is 13.2. The first kappa shape index (κ1) is 90.8. The van der Waals surface area contributed by atoms with Gasteiger partial charge in [-0.25, -0.2) is 24.6 Å². The van der Waals surface area contributed by atoms with Gasteiger partial charge in [-0.2, -0.15) is 10.1 Å². The van der Waals surface area contributed by atoms with Crippen molar-refractivity contribution in [3.63, 3.8) is 0 Å². The van der Waals surface area contributed by atoms with E-state index in [0.717, 1.165) is 110 Å². The number of benzene rings is 2. The van der Waals surface area contributed by atoms with Crippen molar-refractivity contribution in [3.8, 4) is 11.3 Å². The first-order valence-electron chi connectivity index (χ1n) is 41.3. The van der Waals surface area contributed by atoms with Crippen LogP contribution in [0.4, 0.5) is 17.8 Å². The second-order valence-corrected chi connectivity index (χ2v) is 31.0. The number of aldehydes is 1. The predicted molar refractivity (Wildman–Crippen MR) is 452 cm³/mol. The number of aromatic nitrogens is 7. The highest BCUT2D eigenvalue weighted by molar-refractivity contribution is 6.12. The highest BCUT2D eigenvalue weighted by Gasteiger charge is 2.28. The number of ether oxygens (including phenoxy) is 5. The van der Waals surface area contributed by atoms with Crippen molar-refractivity contribution in [1.29, 1.82) is 0 Å². The highest BCUT2D eigenvalue weighted by Crippen LogP contribution is 2.35. The molecule has 2 aliphatic heterocycles. The Hall–Kier alpha value is -9.14. The molecule has 9 rings (SSSR count). The van der Waals surface area contributed by atoms with Gasteiger partial charge in [0.15, 0.2) is 11.2 Å². The average Bonchev–Trinajstić information content (AvgIpc) is 1.61. The number of Topliss-reactive ketones (excluding diaryl/α,β-unsaturated/α-hetero) is 1. The van der Waals surface area contributed by atoms with Gasteiger partial charge in [0, 0.05) is 107 Å². The smallest absolute Gasteiger partial charge is 0.292 e. The van der Waals surface area contributed by atoms with Gasteiger partial charge < -0.3 is 85.4 Å². The summed E-state index contributed by atoms with van der Waals surface area (Å²) < 4.78 is 35.8. The number of nitrogens with zero attached hydrogens (tertiary/aromatic N) is 11. The number of likely N-dealkylation sites (N-methyl/N-ethyl adjacent to an activating group) is 1. The van der Waals surface area contributed by atoms with Gasteiger partial charge in [0.05, 0.1) is 108 Å². The summed E-state index contributed by atoms with van der Waals surface area (Å²) in [5, 5.41) is 48.0. The van der Waals surface area contributed by atoms with Crippen LogP contribution in [-0.4, -0.2) is 227 Å². The number of nitrogens with one attached hydrogen (secondary N) is 3. The lowest BCUT2D eigenvalue weighted by Crippen LogP contribution is -2.36. The summed E-state index contributed by atoms with van der Waals surface area (Å²) in [6.45, 7) is 21.0. The van der Waals surface area contributed by atoms with E-state index in [2.05, 4.69) is 90.6 Å². The minimum atomic E-state index is -0.840. The Bertz CT molecular complexity index is 4260. The van der Waals surface area contributed by atoms with Gasteiger partial charge in [-0.3, -0.25) is 24.4 Å². The van der Waals surface area contributed by atoms with Gasteiger partial charge in [-0.05, 0) is 175 Å². The summed E-state index contributed by atoms with van der Waals surface area (Å²) in [4.78, 5) is 85.4. The number of aliphatic hydroxyl groups is 3. The normalized spacial score (nSPS) is 18.7. The average molecular weight is 1600 g/mol. The van der Waals surface area contributed by atoms with Gasteiger partial charge in [-0.15, -0.1) is 0 Å². The van der Waals surface area contributed by atoms with E-state index in [9.17, 15) is 34.5 Å². The molecule has 1 saturated heterocycles. The number of carbonyl (C=O) groups is 4. The zero-order chi connectivity index (χ0) is 82.6. The number of nitrogens with two attached hydrogens (primary N) is 2. The first-order valence-corrected chi connectivity index (χ1v) is 41.3. The third kappa shape index (κ3) is 29.8. The van der Waals surface area contributed by atoms with Crippen molar-refractivity contribution in [2.75, 3.05) is 116 Å². The lowest BCUT2D eigenvalue weighted by Gasteiger charge is -2.30. The molecule has 0 bridgehead atoms. The zero-order valence-corrected chi connectivity index (χ0v) is 68.7. The van der Waals surface area contributed by atoms with E-state index in [1.54, 1.807) is 6.07 Å². The van der Waals surface area contributed by atoms with Crippen LogP contribution in [0.25, 0.3) is 33.4 Å². The van der Waals surface area contributed by atoms with Crippen LogP contribution in [0.5, 0.6) is 0 Å². The van der Waals surface area contributed by atoms with Crippen LogP contribution in [0.3, 0.4) is 0 Å². The Morgan fingerprint density at radius 1 is 0.810 bits per heavy atom. The third-order valence-corrected chi connectivity index (χ3v) is 21.8. The van der Waals surface area contributed by atoms with E-state index in [0.29, 0.717) is 169 Å². The first-order chi connectivity index (χ1) is 56.2. The molecule has 0 spiro atoms. The molecule has 29 nitrogen and oxygen atoms in total. The summed E-state index contributed by atoms with van der Waals surface area (Å²) in [7, 11) is 1.90. The highest BCUT2D eigenvalue weighted by atomic mass is 16.6. The number of anilines is 3. The van der Waals surface area contributed by atoms with Gasteiger partial charge in [0.1, 0.15) is 41.5 Å². The molecule has 0 radical (unpaired) electrons. The molecule has 8 atom stereocenters. The minimum absolute atomic E-state index is 0.0381. The zero-order valence-electron chi connectivity index (χ0n) is 68.7. The number of ketones is 1. The Morgan fingerprint density at radius 3 is 2.32 bits per heavy atom. The minimum Gasteiger partial charge on any atom is -0.424 e. The maximum absolute atomic E-state index is 13.2. The number of aliphatic imine (C=N–C) groups is 2. The lowest BCUT2D eigenvalue weighted by molar-refractivity contribution is -0.133. The van der Waals surface area contributed by atoms with Crippen LogP contribution >= 0.6 is 0 Å². The van der Waals surface area contributed by atoms with Crippen LogP contribution in [0.15, 0.2) is 129 Å². The SMILES string of the molecule is C=N/C=C(\C=NCCN(CCNC)c1ncc(CNC2CCC(CCC(O)CCC(C)/C=C(\C)C(O)CC(=O)C(C)CC(C)/C=C/C=C/C=C(\C)C(O)CC3CCCC(C=O)O3)CC2)cn1)C(=O)NCCOCCOCCOCCOCCC(=O)N1CCc2cc(Cn3nc(-c4ccc5oc(N)nc5c4)c4c(N)ncnc43)ccc2C1. The van der Waals surface area contributed by atoms with Gasteiger partial charge in [0.25, 0.3) is 11.9 Å². The molecular weight excluding hydrogens is 1480 g/mol. The van der Waals surface area contributed by atoms with Crippen molar-refractivity contribution in [1.82, 2.24) is 55.6 Å². The molecule has 4 aromatic heterocycles. The molecule has 1 saturated carbocycles. The van der Waals surface area contributed by atoms with Crippen LogP contribution in [0.2, 0.25) is 0 Å². The lowest BCUT2D eigenvalue weighted by atomic mass is 9.82. The van der Waals surface area contributed by atoms with Crippen molar-refractivity contribution >= 4 is 76.7 Å². The monoisotopic (exact) mass is 1600 g/mol. The number of hydrogen-bond acceptors (Lipinski definition) is 26. The predicted octanol–water partition coefficient (Wildman–Crippen LogP) is 9.56. The number of oxazole rings is 1. The van der Waals surface area contributed by atoms with Crippen LogP contribution < -0.4 is 32.3 Å². The van der Waals surface area contributed by atoms with Gasteiger partial charge in [0.2, 0.25) is 11.9 Å². The number of fused-ring (bicyclic) bond motifs is 3. The maximum Gasteiger partial charge on any atom is 0.292 e. The molecule has 2 aromatic carbocycles. The molecule has 2 fully saturated rings. The van der Waals surface area contributed by atoms with Gasteiger partial charge in [-0.1, -0.05) is 75.4 Å². The fourth-order valence-corrected chi connectivity index (χ4v) is 14.9. The molecule has 10 N–H and O–H groups in total. The molecule has 1 aliphatic carbocycles. The number of carbonyl (C=O) groups excluding carboxylic acids is 4. The van der Waals surface area contributed by atoms with Crippen LogP contribution in [0.1, 0.15) is 153 Å². The molecule has 2 amide bonds. The fourth-order valence-electron chi connectivity index (χ4n) is 14.9. The Labute approximate surface area is 682 Å². The summed E-state index contributed by atoms with van der Waals surface area (Å²) >= 11 is 0. The second-order valence-electron chi connectivity index (χ2n) is 31.0. The van der Waals surface area contributed by atoms with E-state index in [4.69, 9.17) is 54.6 Å². The third-order valence-electron chi connectivity index (χ3n) is 21.8. The molecule has 8 unspecified atom stereocenters. The molecule has 6 heterocycles. The summed E-state index contributed by atoms with van der Waals surface area (Å²) in [6, 6.07) is 12.3. The number of rotatable bonds is 51. The number of aliphatic hydroxyl groups excluding tert-OH is 3.